The third kappa shape index (κ3) is 4.62. The molecule has 4 heteroatoms. The largest absolute Gasteiger partial charge is 0.389 e. The lowest BCUT2D eigenvalue weighted by Gasteiger charge is -2.18. The number of thiocarbonyl (C=S) groups is 1. The molecule has 2 N–H and O–H groups in total. The second kappa shape index (κ2) is 7.29. The Bertz CT molecular complexity index is 613. The lowest BCUT2D eigenvalue weighted by atomic mass is 10.1. The summed E-state index contributed by atoms with van der Waals surface area (Å²) in [7, 11) is 2.04. The van der Waals surface area contributed by atoms with Crippen LogP contribution in [0.3, 0.4) is 0 Å². The summed E-state index contributed by atoms with van der Waals surface area (Å²) in [5.74, 6) is -0.312. The van der Waals surface area contributed by atoms with Crippen LogP contribution in [0.15, 0.2) is 48.5 Å². The molecular weight excluding hydrogens is 283 g/mol. The van der Waals surface area contributed by atoms with E-state index in [1.54, 1.807) is 6.07 Å². The molecule has 0 heterocycles. The van der Waals surface area contributed by atoms with Crippen LogP contribution in [0.5, 0.6) is 0 Å². The monoisotopic (exact) mass is 302 g/mol. The maximum atomic E-state index is 13.3. The van der Waals surface area contributed by atoms with Crippen LogP contribution in [0.25, 0.3) is 0 Å². The minimum absolute atomic E-state index is 0.237. The molecule has 0 unspecified atom stereocenters. The van der Waals surface area contributed by atoms with Gasteiger partial charge < -0.3 is 10.6 Å². The van der Waals surface area contributed by atoms with Gasteiger partial charge in [0.25, 0.3) is 0 Å². The molecule has 2 aromatic carbocycles. The summed E-state index contributed by atoms with van der Waals surface area (Å²) in [6.45, 7) is 1.61. The Labute approximate surface area is 130 Å². The molecule has 0 saturated heterocycles. The predicted octanol–water partition coefficient (Wildman–Crippen LogP) is 3.13. The van der Waals surface area contributed by atoms with Gasteiger partial charge in [-0.15, -0.1) is 0 Å². The van der Waals surface area contributed by atoms with Crippen molar-refractivity contribution in [1.29, 1.82) is 0 Å². The molecule has 0 radical (unpaired) electrons. The Morgan fingerprint density at radius 2 is 1.90 bits per heavy atom. The Morgan fingerprint density at radius 3 is 2.57 bits per heavy atom. The third-order valence-corrected chi connectivity index (χ3v) is 3.62. The van der Waals surface area contributed by atoms with Crippen molar-refractivity contribution in [3.8, 4) is 0 Å². The SMILES string of the molecule is CN(CCc1ccccc1)Cc1ccc(F)cc1C(N)=S. The first kappa shape index (κ1) is 15.6. The average molecular weight is 302 g/mol. The van der Waals surface area contributed by atoms with E-state index in [0.29, 0.717) is 12.1 Å². The summed E-state index contributed by atoms with van der Waals surface area (Å²) in [6.07, 6.45) is 0.973. The lowest BCUT2D eigenvalue weighted by Crippen LogP contribution is -2.23. The maximum absolute atomic E-state index is 13.3. The first-order chi connectivity index (χ1) is 10.1. The highest BCUT2D eigenvalue weighted by molar-refractivity contribution is 7.80. The van der Waals surface area contributed by atoms with Crippen LogP contribution in [0.2, 0.25) is 0 Å². The summed E-state index contributed by atoms with van der Waals surface area (Å²) in [6, 6.07) is 14.9. The molecule has 110 valence electrons. The van der Waals surface area contributed by atoms with Gasteiger partial charge in [-0.1, -0.05) is 48.6 Å². The molecule has 21 heavy (non-hydrogen) atoms. The van der Waals surface area contributed by atoms with E-state index >= 15 is 0 Å². The zero-order valence-electron chi connectivity index (χ0n) is 12.1. The molecule has 0 atom stereocenters. The zero-order chi connectivity index (χ0) is 15.2. The number of likely N-dealkylation sites (N-methyl/N-ethyl adjacent to an activating group) is 1. The van der Waals surface area contributed by atoms with Gasteiger partial charge in [-0.05, 0) is 36.7 Å². The molecule has 0 bridgehead atoms. The number of hydrogen-bond donors (Lipinski definition) is 1. The molecule has 0 aliphatic rings. The van der Waals surface area contributed by atoms with E-state index in [-0.39, 0.29) is 10.8 Å². The van der Waals surface area contributed by atoms with Crippen LogP contribution < -0.4 is 5.73 Å². The smallest absolute Gasteiger partial charge is 0.123 e. The lowest BCUT2D eigenvalue weighted by molar-refractivity contribution is 0.331. The van der Waals surface area contributed by atoms with Crippen molar-refractivity contribution in [2.45, 2.75) is 13.0 Å². The van der Waals surface area contributed by atoms with Crippen molar-refractivity contribution in [3.63, 3.8) is 0 Å². The van der Waals surface area contributed by atoms with Crippen LogP contribution in [0.4, 0.5) is 4.39 Å². The van der Waals surface area contributed by atoms with E-state index in [1.807, 2.05) is 25.2 Å². The van der Waals surface area contributed by atoms with Gasteiger partial charge in [-0.3, -0.25) is 0 Å². The van der Waals surface area contributed by atoms with Crippen molar-refractivity contribution >= 4 is 17.2 Å². The summed E-state index contributed by atoms with van der Waals surface area (Å²) < 4.78 is 13.3. The Hall–Kier alpha value is -1.78. The molecule has 0 aromatic heterocycles. The molecule has 2 rings (SSSR count). The quantitative estimate of drug-likeness (QED) is 0.831. The number of rotatable bonds is 6. The summed E-state index contributed by atoms with van der Waals surface area (Å²) in [5.41, 5.74) is 8.55. The fourth-order valence-electron chi connectivity index (χ4n) is 2.25. The van der Waals surface area contributed by atoms with Crippen molar-refractivity contribution in [2.24, 2.45) is 5.73 Å². The second-order valence-corrected chi connectivity index (χ2v) is 5.58. The molecule has 0 amide bonds. The van der Waals surface area contributed by atoms with Gasteiger partial charge in [0.05, 0.1) is 0 Å². The van der Waals surface area contributed by atoms with Crippen LogP contribution in [0.1, 0.15) is 16.7 Å². The molecule has 0 spiro atoms. The van der Waals surface area contributed by atoms with Gasteiger partial charge in [0, 0.05) is 18.7 Å². The highest BCUT2D eigenvalue weighted by Crippen LogP contribution is 2.14. The molecule has 0 fully saturated rings. The molecule has 0 saturated carbocycles. The number of nitrogens with zero attached hydrogens (tertiary/aromatic N) is 1. The number of halogens is 1. The first-order valence-corrected chi connectivity index (χ1v) is 7.28. The Morgan fingerprint density at radius 1 is 1.19 bits per heavy atom. The van der Waals surface area contributed by atoms with Crippen LogP contribution in [-0.2, 0) is 13.0 Å². The summed E-state index contributed by atoms with van der Waals surface area (Å²) in [4.78, 5) is 2.42. The zero-order valence-corrected chi connectivity index (χ0v) is 12.9. The highest BCUT2D eigenvalue weighted by atomic mass is 32.1. The second-order valence-electron chi connectivity index (χ2n) is 5.14. The van der Waals surface area contributed by atoms with Crippen LogP contribution in [-0.4, -0.2) is 23.5 Å². The van der Waals surface area contributed by atoms with Crippen molar-refractivity contribution < 1.29 is 4.39 Å². The van der Waals surface area contributed by atoms with Gasteiger partial charge >= 0.3 is 0 Å². The number of hydrogen-bond acceptors (Lipinski definition) is 2. The van der Waals surface area contributed by atoms with E-state index < -0.39 is 0 Å². The van der Waals surface area contributed by atoms with Crippen molar-refractivity contribution in [1.82, 2.24) is 4.90 Å². The minimum Gasteiger partial charge on any atom is -0.389 e. The van der Waals surface area contributed by atoms with Crippen molar-refractivity contribution in [3.05, 3.63) is 71.0 Å². The minimum atomic E-state index is -0.312. The van der Waals surface area contributed by atoms with E-state index in [1.165, 1.54) is 17.7 Å². The molecule has 2 nitrogen and oxygen atoms in total. The van der Waals surface area contributed by atoms with Gasteiger partial charge in [-0.25, -0.2) is 4.39 Å². The van der Waals surface area contributed by atoms with Gasteiger partial charge in [0.2, 0.25) is 0 Å². The topological polar surface area (TPSA) is 29.3 Å². The molecule has 0 aliphatic carbocycles. The fourth-order valence-corrected chi connectivity index (χ4v) is 2.44. The molecular formula is C17H19FN2S. The summed E-state index contributed by atoms with van der Waals surface area (Å²) >= 11 is 5.00. The number of benzene rings is 2. The Kier molecular flexibility index (Phi) is 5.42. The van der Waals surface area contributed by atoms with Crippen molar-refractivity contribution in [2.75, 3.05) is 13.6 Å². The van der Waals surface area contributed by atoms with E-state index in [2.05, 4.69) is 17.0 Å². The first-order valence-electron chi connectivity index (χ1n) is 6.87. The van der Waals surface area contributed by atoms with Gasteiger partial charge in [0.1, 0.15) is 10.8 Å². The fraction of sp³-hybridized carbons (Fsp3) is 0.235. The third-order valence-electron chi connectivity index (χ3n) is 3.40. The molecule has 0 aliphatic heterocycles. The van der Waals surface area contributed by atoms with Gasteiger partial charge in [0.15, 0.2) is 0 Å². The normalized spacial score (nSPS) is 10.8. The molecule has 2 aromatic rings. The summed E-state index contributed by atoms with van der Waals surface area (Å²) in [5, 5.41) is 0. The van der Waals surface area contributed by atoms with Crippen LogP contribution >= 0.6 is 12.2 Å². The highest BCUT2D eigenvalue weighted by Gasteiger charge is 2.09. The van der Waals surface area contributed by atoms with E-state index in [9.17, 15) is 4.39 Å². The Balaban J connectivity index is 1.99. The standard InChI is InChI=1S/C17H19FN2S/c1-20(10-9-13-5-3-2-4-6-13)12-14-7-8-15(18)11-16(14)17(19)21/h2-8,11H,9-10,12H2,1H3,(H2,19,21). The predicted molar refractivity (Wildman–Crippen MR) is 88.8 cm³/mol. The maximum Gasteiger partial charge on any atom is 0.123 e. The van der Waals surface area contributed by atoms with E-state index in [0.717, 1.165) is 18.5 Å². The van der Waals surface area contributed by atoms with Crippen LogP contribution in [0, 0.1) is 5.82 Å². The van der Waals surface area contributed by atoms with E-state index in [4.69, 9.17) is 18.0 Å². The van der Waals surface area contributed by atoms with Gasteiger partial charge in [-0.2, -0.15) is 0 Å². The average Bonchev–Trinajstić information content (AvgIpc) is 2.48. The number of nitrogens with two attached hydrogens (primary N) is 1.